The van der Waals surface area contributed by atoms with Crippen molar-refractivity contribution >= 4 is 27.1 Å². The molecule has 5 nitrogen and oxygen atoms in total. The number of thioether (sulfide) groups is 1. The second-order valence-electron chi connectivity index (χ2n) is 3.47. The lowest BCUT2D eigenvalue weighted by molar-refractivity contribution is 0.168. The van der Waals surface area contributed by atoms with Crippen LogP contribution in [0.15, 0.2) is 0 Å². The summed E-state index contributed by atoms with van der Waals surface area (Å²) in [6.07, 6.45) is 1.56. The van der Waals surface area contributed by atoms with Gasteiger partial charge in [-0.15, -0.1) is 0 Å². The molecule has 16 heavy (non-hydrogen) atoms. The van der Waals surface area contributed by atoms with Crippen molar-refractivity contribution in [1.82, 2.24) is 4.31 Å². The van der Waals surface area contributed by atoms with Gasteiger partial charge in [-0.2, -0.15) is 24.5 Å². The minimum absolute atomic E-state index is 0.178. The van der Waals surface area contributed by atoms with E-state index in [0.717, 1.165) is 17.9 Å². The molecule has 0 aromatic rings. The fourth-order valence-corrected chi connectivity index (χ4v) is 3.51. The Balaban J connectivity index is 2.51. The van der Waals surface area contributed by atoms with Crippen LogP contribution in [-0.4, -0.2) is 49.2 Å². The number of carbonyl (C=O) groups is 1. The zero-order valence-electron chi connectivity index (χ0n) is 9.35. The third-order valence-electron chi connectivity index (χ3n) is 2.24. The van der Waals surface area contributed by atoms with Gasteiger partial charge >= 0.3 is 15.3 Å². The van der Waals surface area contributed by atoms with Crippen LogP contribution in [0.1, 0.15) is 19.8 Å². The van der Waals surface area contributed by atoms with E-state index in [1.807, 2.05) is 6.92 Å². The first-order valence-corrected chi connectivity index (χ1v) is 7.93. The largest absolute Gasteiger partial charge is 0.453 e. The van der Waals surface area contributed by atoms with E-state index in [2.05, 4.69) is 0 Å². The summed E-state index contributed by atoms with van der Waals surface area (Å²) in [5.41, 5.74) is 0. The molecule has 0 atom stereocenters. The first-order valence-electron chi connectivity index (χ1n) is 5.33. The highest BCUT2D eigenvalue weighted by Gasteiger charge is 2.32. The highest BCUT2D eigenvalue weighted by Crippen LogP contribution is 2.14. The minimum atomic E-state index is -3.88. The Labute approximate surface area is 101 Å². The molecule has 0 bridgehead atoms. The molecule has 0 amide bonds. The van der Waals surface area contributed by atoms with Gasteiger partial charge in [0.2, 0.25) is 0 Å². The van der Waals surface area contributed by atoms with Crippen LogP contribution in [0.2, 0.25) is 0 Å². The first-order chi connectivity index (χ1) is 7.59. The lowest BCUT2D eigenvalue weighted by Gasteiger charge is -2.24. The van der Waals surface area contributed by atoms with Crippen molar-refractivity contribution in [2.75, 3.05) is 31.2 Å². The molecule has 0 N–H and O–H groups in total. The SMILES string of the molecule is CCCCOC(=O)S(=O)(=O)N1CCSCC1. The van der Waals surface area contributed by atoms with Gasteiger partial charge in [-0.25, -0.2) is 4.79 Å². The number of sulfonamides is 1. The van der Waals surface area contributed by atoms with Crippen LogP contribution in [0.4, 0.5) is 4.79 Å². The van der Waals surface area contributed by atoms with Gasteiger partial charge in [-0.3, -0.25) is 0 Å². The maximum Gasteiger partial charge on any atom is 0.439 e. The summed E-state index contributed by atoms with van der Waals surface area (Å²) in [6.45, 7) is 2.92. The van der Waals surface area contributed by atoms with Gasteiger partial charge in [0.25, 0.3) is 0 Å². The van der Waals surface area contributed by atoms with Gasteiger partial charge in [-0.1, -0.05) is 13.3 Å². The normalized spacial score (nSPS) is 18.3. The van der Waals surface area contributed by atoms with E-state index in [9.17, 15) is 13.2 Å². The molecule has 1 aliphatic rings. The predicted octanol–water partition coefficient (Wildman–Crippen LogP) is 1.30. The number of unbranched alkanes of at least 4 members (excludes halogenated alkanes) is 1. The van der Waals surface area contributed by atoms with E-state index in [0.29, 0.717) is 19.5 Å². The summed E-state index contributed by atoms with van der Waals surface area (Å²) in [5.74, 6) is 1.48. The molecular weight excluding hydrogens is 250 g/mol. The molecule has 0 spiro atoms. The minimum Gasteiger partial charge on any atom is -0.453 e. The maximum atomic E-state index is 11.7. The Morgan fingerprint density at radius 3 is 2.56 bits per heavy atom. The number of hydrogen-bond donors (Lipinski definition) is 0. The average Bonchev–Trinajstić information content (AvgIpc) is 2.30. The third kappa shape index (κ3) is 3.64. The average molecular weight is 267 g/mol. The molecule has 94 valence electrons. The van der Waals surface area contributed by atoms with Crippen LogP contribution in [0.3, 0.4) is 0 Å². The molecule has 0 aromatic carbocycles. The summed E-state index contributed by atoms with van der Waals surface area (Å²) >= 11 is 1.69. The highest BCUT2D eigenvalue weighted by molar-refractivity contribution is 8.04. The molecule has 0 radical (unpaired) electrons. The van der Waals surface area contributed by atoms with E-state index >= 15 is 0 Å². The molecule has 1 aliphatic heterocycles. The van der Waals surface area contributed by atoms with E-state index < -0.39 is 15.3 Å². The van der Waals surface area contributed by atoms with Crippen LogP contribution in [0.5, 0.6) is 0 Å². The van der Waals surface area contributed by atoms with Gasteiger partial charge < -0.3 is 4.74 Å². The van der Waals surface area contributed by atoms with Crippen molar-refractivity contribution in [3.8, 4) is 0 Å². The molecule has 0 unspecified atom stereocenters. The molecule has 1 saturated heterocycles. The van der Waals surface area contributed by atoms with Crippen molar-refractivity contribution in [2.24, 2.45) is 0 Å². The molecule has 0 aromatic heterocycles. The third-order valence-corrected chi connectivity index (χ3v) is 4.76. The Bertz CT molecular complexity index is 322. The van der Waals surface area contributed by atoms with Gasteiger partial charge in [0, 0.05) is 24.6 Å². The molecule has 0 saturated carbocycles. The summed E-state index contributed by atoms with van der Waals surface area (Å²) in [5, 5.41) is -1.10. The van der Waals surface area contributed by atoms with Crippen molar-refractivity contribution in [1.29, 1.82) is 0 Å². The summed E-state index contributed by atoms with van der Waals surface area (Å²) in [6, 6.07) is 0. The summed E-state index contributed by atoms with van der Waals surface area (Å²) < 4.78 is 29.4. The predicted molar refractivity (Wildman–Crippen MR) is 64.1 cm³/mol. The fourth-order valence-electron chi connectivity index (χ4n) is 1.27. The standard InChI is InChI=1S/C9H17NO4S2/c1-2-3-6-14-9(11)16(12,13)10-4-7-15-8-5-10/h2-8H2,1H3. The molecule has 7 heteroatoms. The smallest absolute Gasteiger partial charge is 0.439 e. The van der Waals surface area contributed by atoms with Crippen molar-refractivity contribution in [3.63, 3.8) is 0 Å². The Hall–Kier alpha value is -0.270. The Kier molecular flexibility index (Phi) is 5.57. The lowest BCUT2D eigenvalue weighted by Crippen LogP contribution is -2.41. The Morgan fingerprint density at radius 2 is 2.00 bits per heavy atom. The second kappa shape index (κ2) is 6.46. The zero-order valence-corrected chi connectivity index (χ0v) is 11.0. The van der Waals surface area contributed by atoms with Crippen LogP contribution in [-0.2, 0) is 14.8 Å². The number of carbonyl (C=O) groups excluding carboxylic acids is 1. The van der Waals surface area contributed by atoms with Gasteiger partial charge in [0.05, 0.1) is 6.61 Å². The first kappa shape index (κ1) is 13.8. The van der Waals surface area contributed by atoms with Crippen LogP contribution >= 0.6 is 11.8 Å². The second-order valence-corrected chi connectivity index (χ2v) is 6.49. The van der Waals surface area contributed by atoms with Crippen molar-refractivity contribution < 1.29 is 17.9 Å². The van der Waals surface area contributed by atoms with Crippen LogP contribution < -0.4 is 0 Å². The molecule has 1 rings (SSSR count). The van der Waals surface area contributed by atoms with E-state index in [1.165, 1.54) is 4.31 Å². The van der Waals surface area contributed by atoms with E-state index in [4.69, 9.17) is 4.74 Å². The maximum absolute atomic E-state index is 11.7. The van der Waals surface area contributed by atoms with Gasteiger partial charge in [0.1, 0.15) is 0 Å². The van der Waals surface area contributed by atoms with Crippen LogP contribution in [0, 0.1) is 0 Å². The summed E-state index contributed by atoms with van der Waals surface area (Å²) in [7, 11) is -3.88. The van der Waals surface area contributed by atoms with E-state index in [-0.39, 0.29) is 6.61 Å². The van der Waals surface area contributed by atoms with E-state index in [1.54, 1.807) is 11.8 Å². The number of hydrogen-bond acceptors (Lipinski definition) is 5. The van der Waals surface area contributed by atoms with Gasteiger partial charge in [0.15, 0.2) is 0 Å². The summed E-state index contributed by atoms with van der Waals surface area (Å²) in [4.78, 5) is 11.4. The monoisotopic (exact) mass is 267 g/mol. The number of ether oxygens (including phenoxy) is 1. The molecular formula is C9H17NO4S2. The molecule has 0 aliphatic carbocycles. The fraction of sp³-hybridized carbons (Fsp3) is 0.889. The van der Waals surface area contributed by atoms with Crippen molar-refractivity contribution in [2.45, 2.75) is 19.8 Å². The molecule has 1 fully saturated rings. The van der Waals surface area contributed by atoms with Gasteiger partial charge in [-0.05, 0) is 6.42 Å². The molecule has 1 heterocycles. The van der Waals surface area contributed by atoms with Crippen molar-refractivity contribution in [3.05, 3.63) is 0 Å². The number of rotatable bonds is 4. The quantitative estimate of drug-likeness (QED) is 0.567. The zero-order chi connectivity index (χ0) is 12.0. The Morgan fingerprint density at radius 1 is 1.38 bits per heavy atom. The highest BCUT2D eigenvalue weighted by atomic mass is 32.2. The van der Waals surface area contributed by atoms with Crippen LogP contribution in [0.25, 0.3) is 0 Å². The lowest BCUT2D eigenvalue weighted by atomic mass is 10.4. The topological polar surface area (TPSA) is 63.7 Å². The number of nitrogens with zero attached hydrogens (tertiary/aromatic N) is 1.